The van der Waals surface area contributed by atoms with Gasteiger partial charge in [-0.3, -0.25) is 0 Å². The van der Waals surface area contributed by atoms with Gasteiger partial charge >= 0.3 is 0 Å². The molecular weight excluding hydrogens is 188 g/mol. The van der Waals surface area contributed by atoms with Crippen LogP contribution in [0.15, 0.2) is 23.2 Å². The van der Waals surface area contributed by atoms with Crippen LogP contribution in [0.5, 0.6) is 0 Å². The first-order chi connectivity index (χ1) is 6.66. The third-order valence-corrected chi connectivity index (χ3v) is 2.10. The highest BCUT2D eigenvalue weighted by molar-refractivity contribution is 5.75. The van der Waals surface area contributed by atoms with Gasteiger partial charge in [-0.05, 0) is 18.2 Å². The zero-order valence-electron chi connectivity index (χ0n) is 7.63. The zero-order valence-corrected chi connectivity index (χ0v) is 7.63. The molecule has 1 aliphatic heterocycles. The van der Waals surface area contributed by atoms with Crippen LogP contribution in [0.25, 0.3) is 0 Å². The summed E-state index contributed by atoms with van der Waals surface area (Å²) < 4.78 is 31.2. The SMILES string of the molecule is CC1=N[C@@H](c2cc(F)ccc2F)CO1. The van der Waals surface area contributed by atoms with E-state index in [1.54, 1.807) is 6.92 Å². The molecule has 1 aromatic rings. The third-order valence-electron chi connectivity index (χ3n) is 2.10. The van der Waals surface area contributed by atoms with E-state index in [0.29, 0.717) is 5.90 Å². The number of benzene rings is 1. The van der Waals surface area contributed by atoms with Gasteiger partial charge in [0.15, 0.2) is 5.90 Å². The first-order valence-corrected chi connectivity index (χ1v) is 4.29. The fraction of sp³-hybridized carbons (Fsp3) is 0.300. The Hall–Kier alpha value is -1.45. The number of aliphatic imine (C=N–C) groups is 1. The summed E-state index contributed by atoms with van der Waals surface area (Å²) >= 11 is 0. The lowest BCUT2D eigenvalue weighted by molar-refractivity contribution is 0.314. The second kappa shape index (κ2) is 3.36. The van der Waals surface area contributed by atoms with Crippen LogP contribution in [0.2, 0.25) is 0 Å². The molecule has 0 bridgehead atoms. The van der Waals surface area contributed by atoms with Crippen molar-refractivity contribution in [2.75, 3.05) is 6.61 Å². The molecule has 0 spiro atoms. The van der Waals surface area contributed by atoms with Crippen molar-refractivity contribution >= 4 is 5.90 Å². The van der Waals surface area contributed by atoms with Crippen molar-refractivity contribution in [2.24, 2.45) is 4.99 Å². The predicted molar refractivity (Wildman–Crippen MR) is 48.2 cm³/mol. The number of nitrogens with zero attached hydrogens (tertiary/aromatic N) is 1. The number of ether oxygens (including phenoxy) is 1. The van der Waals surface area contributed by atoms with Crippen molar-refractivity contribution < 1.29 is 13.5 Å². The molecule has 0 saturated carbocycles. The van der Waals surface area contributed by atoms with Gasteiger partial charge in [-0.1, -0.05) is 0 Å². The molecule has 0 amide bonds. The molecule has 4 heteroatoms. The molecule has 0 N–H and O–H groups in total. The number of hydrogen-bond donors (Lipinski definition) is 0. The topological polar surface area (TPSA) is 21.6 Å². The Kier molecular flexibility index (Phi) is 2.19. The van der Waals surface area contributed by atoms with Crippen molar-refractivity contribution in [1.82, 2.24) is 0 Å². The van der Waals surface area contributed by atoms with Crippen LogP contribution in [0, 0.1) is 11.6 Å². The standard InChI is InChI=1S/C10H9F2NO/c1-6-13-10(5-14-6)8-4-7(11)2-3-9(8)12/h2-4,10H,5H2,1H3/t10-/m1/s1. The highest BCUT2D eigenvalue weighted by Gasteiger charge is 2.21. The number of hydrogen-bond acceptors (Lipinski definition) is 2. The summed E-state index contributed by atoms with van der Waals surface area (Å²) in [4.78, 5) is 4.05. The molecule has 1 heterocycles. The molecule has 1 aliphatic rings. The van der Waals surface area contributed by atoms with E-state index in [-0.39, 0.29) is 12.2 Å². The van der Waals surface area contributed by atoms with Crippen LogP contribution >= 0.6 is 0 Å². The maximum Gasteiger partial charge on any atom is 0.180 e. The molecule has 0 radical (unpaired) electrons. The summed E-state index contributed by atoms with van der Waals surface area (Å²) in [6.07, 6.45) is 0. The van der Waals surface area contributed by atoms with Crippen LogP contribution < -0.4 is 0 Å². The lowest BCUT2D eigenvalue weighted by Crippen LogP contribution is -2.01. The maximum atomic E-state index is 13.3. The van der Waals surface area contributed by atoms with E-state index in [0.717, 1.165) is 18.2 Å². The number of rotatable bonds is 1. The summed E-state index contributed by atoms with van der Waals surface area (Å²) in [5, 5.41) is 0. The quantitative estimate of drug-likeness (QED) is 0.677. The van der Waals surface area contributed by atoms with E-state index in [1.165, 1.54) is 0 Å². The largest absolute Gasteiger partial charge is 0.479 e. The molecule has 74 valence electrons. The molecule has 14 heavy (non-hydrogen) atoms. The lowest BCUT2D eigenvalue weighted by Gasteiger charge is -2.06. The summed E-state index contributed by atoms with van der Waals surface area (Å²) in [6, 6.07) is 2.94. The molecule has 0 saturated heterocycles. The van der Waals surface area contributed by atoms with E-state index >= 15 is 0 Å². The van der Waals surface area contributed by atoms with Crippen LogP contribution in [-0.2, 0) is 4.74 Å². The van der Waals surface area contributed by atoms with Crippen molar-refractivity contribution in [2.45, 2.75) is 13.0 Å². The Labute approximate surface area is 80.2 Å². The molecule has 1 atom stereocenters. The van der Waals surface area contributed by atoms with Crippen LogP contribution in [-0.4, -0.2) is 12.5 Å². The Morgan fingerprint density at radius 2 is 2.21 bits per heavy atom. The van der Waals surface area contributed by atoms with Crippen molar-refractivity contribution in [3.05, 3.63) is 35.4 Å². The van der Waals surface area contributed by atoms with E-state index < -0.39 is 17.7 Å². The monoisotopic (exact) mass is 197 g/mol. The summed E-state index contributed by atoms with van der Waals surface area (Å²) in [7, 11) is 0. The third kappa shape index (κ3) is 1.60. The van der Waals surface area contributed by atoms with Crippen molar-refractivity contribution in [3.8, 4) is 0 Å². The molecule has 0 aliphatic carbocycles. The second-order valence-corrected chi connectivity index (χ2v) is 3.14. The van der Waals surface area contributed by atoms with E-state index in [2.05, 4.69) is 4.99 Å². The summed E-state index contributed by atoms with van der Waals surface area (Å²) in [6.45, 7) is 1.98. The fourth-order valence-electron chi connectivity index (χ4n) is 1.42. The average molecular weight is 197 g/mol. The molecule has 2 nitrogen and oxygen atoms in total. The van der Waals surface area contributed by atoms with Gasteiger partial charge in [0.25, 0.3) is 0 Å². The van der Waals surface area contributed by atoms with Gasteiger partial charge in [0.2, 0.25) is 0 Å². The van der Waals surface area contributed by atoms with Crippen LogP contribution in [0.4, 0.5) is 8.78 Å². The summed E-state index contributed by atoms with van der Waals surface area (Å²) in [5.41, 5.74) is 0.252. The number of halogens is 2. The normalized spacial score (nSPS) is 20.5. The molecule has 0 unspecified atom stereocenters. The van der Waals surface area contributed by atoms with Crippen molar-refractivity contribution in [1.29, 1.82) is 0 Å². The predicted octanol–water partition coefficient (Wildman–Crippen LogP) is 2.45. The van der Waals surface area contributed by atoms with Crippen LogP contribution in [0.1, 0.15) is 18.5 Å². The first-order valence-electron chi connectivity index (χ1n) is 4.29. The fourth-order valence-corrected chi connectivity index (χ4v) is 1.42. The molecule has 1 aromatic carbocycles. The minimum atomic E-state index is -0.457. The Balaban J connectivity index is 2.36. The van der Waals surface area contributed by atoms with E-state index in [1.807, 2.05) is 0 Å². The van der Waals surface area contributed by atoms with Crippen molar-refractivity contribution in [3.63, 3.8) is 0 Å². The second-order valence-electron chi connectivity index (χ2n) is 3.14. The average Bonchev–Trinajstić information content (AvgIpc) is 2.56. The van der Waals surface area contributed by atoms with E-state index in [4.69, 9.17) is 4.74 Å². The Bertz CT molecular complexity index is 390. The van der Waals surface area contributed by atoms with Gasteiger partial charge in [-0.15, -0.1) is 0 Å². The summed E-state index contributed by atoms with van der Waals surface area (Å²) in [5.74, 6) is -0.390. The minimum Gasteiger partial charge on any atom is -0.479 e. The van der Waals surface area contributed by atoms with Gasteiger partial charge in [0.05, 0.1) is 0 Å². The smallest absolute Gasteiger partial charge is 0.180 e. The van der Waals surface area contributed by atoms with Gasteiger partial charge in [0.1, 0.15) is 24.3 Å². The minimum absolute atomic E-state index is 0.252. The van der Waals surface area contributed by atoms with Gasteiger partial charge < -0.3 is 4.74 Å². The molecular formula is C10H9F2NO. The highest BCUT2D eigenvalue weighted by atomic mass is 19.1. The first kappa shape index (κ1) is 9.12. The van der Waals surface area contributed by atoms with Gasteiger partial charge in [-0.2, -0.15) is 0 Å². The zero-order chi connectivity index (χ0) is 10.1. The lowest BCUT2D eigenvalue weighted by atomic mass is 10.1. The van der Waals surface area contributed by atoms with Gasteiger partial charge in [0, 0.05) is 12.5 Å². The van der Waals surface area contributed by atoms with Gasteiger partial charge in [-0.25, -0.2) is 13.8 Å². The molecule has 2 rings (SSSR count). The highest BCUT2D eigenvalue weighted by Crippen LogP contribution is 2.25. The van der Waals surface area contributed by atoms with Crippen LogP contribution in [0.3, 0.4) is 0 Å². The molecule has 0 aromatic heterocycles. The Morgan fingerprint density at radius 3 is 2.86 bits per heavy atom. The molecule has 0 fully saturated rings. The van der Waals surface area contributed by atoms with E-state index in [9.17, 15) is 8.78 Å². The maximum absolute atomic E-state index is 13.3. The Morgan fingerprint density at radius 1 is 1.43 bits per heavy atom.